The molecular formula is C15H8N4O7S. The summed E-state index contributed by atoms with van der Waals surface area (Å²) in [7, 11) is 0. The second-order valence-corrected chi connectivity index (χ2v) is 6.43. The predicted octanol–water partition coefficient (Wildman–Crippen LogP) is 3.09. The second-order valence-electron chi connectivity index (χ2n) is 5.40. The van der Waals surface area contributed by atoms with Gasteiger partial charge in [0.15, 0.2) is 16.6 Å². The summed E-state index contributed by atoms with van der Waals surface area (Å²) >= 11 is 1.16. The summed E-state index contributed by atoms with van der Waals surface area (Å²) in [5.74, 6) is 0.360. The number of carbonyl (C=O) groups is 1. The number of nitro benzene ring substituents is 2. The molecule has 1 aliphatic heterocycles. The Morgan fingerprint density at radius 1 is 1.04 bits per heavy atom. The van der Waals surface area contributed by atoms with E-state index in [0.717, 1.165) is 34.2 Å². The maximum absolute atomic E-state index is 12.4. The number of fused-ring (bicyclic) bond motifs is 2. The van der Waals surface area contributed by atoms with E-state index < -0.39 is 27.1 Å². The number of hydrogen-bond acceptors (Lipinski definition) is 9. The highest BCUT2D eigenvalue weighted by Gasteiger charge is 2.21. The minimum atomic E-state index is -0.803. The van der Waals surface area contributed by atoms with Crippen molar-refractivity contribution >= 4 is 44.0 Å². The van der Waals surface area contributed by atoms with E-state index in [9.17, 15) is 25.0 Å². The highest BCUT2D eigenvalue weighted by Crippen LogP contribution is 2.39. The van der Waals surface area contributed by atoms with Gasteiger partial charge in [-0.3, -0.25) is 30.3 Å². The minimum absolute atomic E-state index is 0.127. The van der Waals surface area contributed by atoms with Gasteiger partial charge in [0.1, 0.15) is 0 Å². The fourth-order valence-corrected chi connectivity index (χ4v) is 3.35. The van der Waals surface area contributed by atoms with Gasteiger partial charge in [0.25, 0.3) is 17.3 Å². The molecule has 0 atom stereocenters. The van der Waals surface area contributed by atoms with Crippen LogP contribution < -0.4 is 14.8 Å². The van der Waals surface area contributed by atoms with Crippen LogP contribution in [0.15, 0.2) is 30.3 Å². The smallest absolute Gasteiger partial charge is 0.277 e. The Hall–Kier alpha value is -3.80. The largest absolute Gasteiger partial charge is 0.454 e. The van der Waals surface area contributed by atoms with Gasteiger partial charge in [-0.2, -0.15) is 0 Å². The molecule has 2 heterocycles. The van der Waals surface area contributed by atoms with E-state index in [2.05, 4.69) is 10.3 Å². The molecule has 0 saturated carbocycles. The Kier molecular flexibility index (Phi) is 3.81. The Morgan fingerprint density at radius 3 is 2.30 bits per heavy atom. The molecule has 1 aromatic heterocycles. The maximum Gasteiger partial charge on any atom is 0.277 e. The molecule has 0 spiro atoms. The van der Waals surface area contributed by atoms with Crippen molar-refractivity contribution in [1.29, 1.82) is 0 Å². The summed E-state index contributed by atoms with van der Waals surface area (Å²) in [6.07, 6.45) is 0. The number of ether oxygens (including phenoxy) is 2. The van der Waals surface area contributed by atoms with Crippen molar-refractivity contribution < 1.29 is 24.1 Å². The van der Waals surface area contributed by atoms with Gasteiger partial charge in [0, 0.05) is 24.3 Å². The third kappa shape index (κ3) is 3.08. The number of anilines is 1. The zero-order valence-corrected chi connectivity index (χ0v) is 14.0. The molecule has 0 saturated heterocycles. The van der Waals surface area contributed by atoms with Crippen LogP contribution >= 0.6 is 11.3 Å². The number of amides is 1. The van der Waals surface area contributed by atoms with Crippen LogP contribution in [-0.2, 0) is 0 Å². The van der Waals surface area contributed by atoms with Gasteiger partial charge in [0.05, 0.1) is 31.7 Å². The fraction of sp³-hybridized carbons (Fsp3) is 0.0667. The van der Waals surface area contributed by atoms with E-state index in [0.29, 0.717) is 17.0 Å². The zero-order chi connectivity index (χ0) is 19.1. The first-order valence-electron chi connectivity index (χ1n) is 7.36. The van der Waals surface area contributed by atoms with Gasteiger partial charge in [-0.25, -0.2) is 4.98 Å². The molecule has 4 rings (SSSR count). The number of aromatic nitrogens is 1. The molecule has 11 nitrogen and oxygen atoms in total. The molecule has 0 bridgehead atoms. The molecule has 136 valence electrons. The Balaban J connectivity index is 1.65. The molecule has 0 unspecified atom stereocenters. The quantitative estimate of drug-likeness (QED) is 0.530. The molecule has 0 aliphatic carbocycles. The number of benzene rings is 2. The molecule has 0 radical (unpaired) electrons. The third-order valence-corrected chi connectivity index (χ3v) is 4.62. The molecule has 3 aromatic rings. The predicted molar refractivity (Wildman–Crippen MR) is 93.4 cm³/mol. The Bertz CT molecular complexity index is 1050. The average molecular weight is 388 g/mol. The normalized spacial score (nSPS) is 12.1. The molecule has 12 heteroatoms. The summed E-state index contributed by atoms with van der Waals surface area (Å²) < 4.78 is 11.3. The lowest BCUT2D eigenvalue weighted by atomic mass is 10.1. The van der Waals surface area contributed by atoms with Crippen molar-refractivity contribution in [3.63, 3.8) is 0 Å². The van der Waals surface area contributed by atoms with E-state index in [1.54, 1.807) is 12.1 Å². The van der Waals surface area contributed by atoms with Crippen LogP contribution in [-0.4, -0.2) is 27.5 Å². The summed E-state index contributed by atoms with van der Waals surface area (Å²) in [5, 5.41) is 24.6. The monoisotopic (exact) mass is 388 g/mol. The van der Waals surface area contributed by atoms with E-state index in [1.807, 2.05) is 0 Å². The van der Waals surface area contributed by atoms with Gasteiger partial charge >= 0.3 is 0 Å². The highest BCUT2D eigenvalue weighted by atomic mass is 32.1. The molecule has 1 aliphatic rings. The van der Waals surface area contributed by atoms with Crippen molar-refractivity contribution in [2.75, 3.05) is 12.1 Å². The number of nitrogens with zero attached hydrogens (tertiary/aromatic N) is 3. The Labute approximate surface area is 153 Å². The standard InChI is InChI=1S/C15H8N4O7S/c20-14(7-1-8(18(21)22)3-9(2-7)19(23)24)17-15-16-10-4-11-12(26-6-25-11)5-13(10)27-15/h1-5H,6H2,(H,16,17,20). The summed E-state index contributed by atoms with van der Waals surface area (Å²) in [5.41, 5.74) is -0.748. The van der Waals surface area contributed by atoms with Crippen molar-refractivity contribution in [1.82, 2.24) is 4.98 Å². The SMILES string of the molecule is O=C(Nc1nc2cc3c(cc2s1)OCO3)c1cc([N+](=O)[O-])cc([N+](=O)[O-])c1. The van der Waals surface area contributed by atoms with Crippen LogP contribution in [0.1, 0.15) is 10.4 Å². The van der Waals surface area contributed by atoms with Crippen molar-refractivity contribution in [3.05, 3.63) is 56.1 Å². The van der Waals surface area contributed by atoms with Gasteiger partial charge < -0.3 is 9.47 Å². The lowest BCUT2D eigenvalue weighted by molar-refractivity contribution is -0.394. The lowest BCUT2D eigenvalue weighted by Gasteiger charge is -2.02. The first-order chi connectivity index (χ1) is 12.9. The van der Waals surface area contributed by atoms with Gasteiger partial charge in [-0.05, 0) is 0 Å². The van der Waals surface area contributed by atoms with E-state index in [-0.39, 0.29) is 17.5 Å². The van der Waals surface area contributed by atoms with Crippen LogP contribution in [0.3, 0.4) is 0 Å². The van der Waals surface area contributed by atoms with Crippen LogP contribution in [0.25, 0.3) is 10.2 Å². The van der Waals surface area contributed by atoms with E-state index >= 15 is 0 Å². The summed E-state index contributed by atoms with van der Waals surface area (Å²) in [6, 6.07) is 6.11. The second kappa shape index (κ2) is 6.17. The van der Waals surface area contributed by atoms with E-state index in [1.165, 1.54) is 0 Å². The van der Waals surface area contributed by atoms with Crippen LogP contribution in [0.2, 0.25) is 0 Å². The molecule has 0 fully saturated rings. The number of thiazole rings is 1. The zero-order valence-electron chi connectivity index (χ0n) is 13.2. The first kappa shape index (κ1) is 16.7. The van der Waals surface area contributed by atoms with Crippen molar-refractivity contribution in [2.45, 2.75) is 0 Å². The van der Waals surface area contributed by atoms with Crippen LogP contribution in [0.5, 0.6) is 11.5 Å². The van der Waals surface area contributed by atoms with E-state index in [4.69, 9.17) is 9.47 Å². The highest BCUT2D eigenvalue weighted by molar-refractivity contribution is 7.22. The molecule has 27 heavy (non-hydrogen) atoms. The third-order valence-electron chi connectivity index (χ3n) is 3.69. The van der Waals surface area contributed by atoms with Crippen molar-refractivity contribution in [3.8, 4) is 11.5 Å². The summed E-state index contributed by atoms with van der Waals surface area (Å²) in [4.78, 5) is 36.9. The molecule has 1 N–H and O–H groups in total. The molecular weight excluding hydrogens is 380 g/mol. The Morgan fingerprint density at radius 2 is 1.67 bits per heavy atom. The molecule has 1 amide bonds. The maximum atomic E-state index is 12.4. The first-order valence-corrected chi connectivity index (χ1v) is 8.18. The minimum Gasteiger partial charge on any atom is -0.454 e. The number of hydrogen-bond donors (Lipinski definition) is 1. The number of carbonyl (C=O) groups excluding carboxylic acids is 1. The lowest BCUT2D eigenvalue weighted by Crippen LogP contribution is -2.12. The van der Waals surface area contributed by atoms with Crippen LogP contribution in [0.4, 0.5) is 16.5 Å². The average Bonchev–Trinajstić information content (AvgIpc) is 3.23. The van der Waals surface area contributed by atoms with Gasteiger partial charge in [0.2, 0.25) is 6.79 Å². The van der Waals surface area contributed by atoms with Gasteiger partial charge in [-0.15, -0.1) is 0 Å². The number of non-ortho nitro benzene ring substituents is 2. The summed E-state index contributed by atoms with van der Waals surface area (Å²) in [6.45, 7) is 0.127. The number of nitrogens with one attached hydrogen (secondary N) is 1. The fourth-order valence-electron chi connectivity index (χ4n) is 2.48. The molecule has 2 aromatic carbocycles. The van der Waals surface area contributed by atoms with Crippen LogP contribution in [0, 0.1) is 20.2 Å². The number of nitro groups is 2. The van der Waals surface area contributed by atoms with Gasteiger partial charge in [-0.1, -0.05) is 11.3 Å². The topological polar surface area (TPSA) is 147 Å². The number of rotatable bonds is 4. The van der Waals surface area contributed by atoms with Crippen molar-refractivity contribution in [2.24, 2.45) is 0 Å².